The number of hydrogen-bond acceptors (Lipinski definition) is 6. The van der Waals surface area contributed by atoms with Gasteiger partial charge in [-0.25, -0.2) is 13.8 Å². The zero-order valence-electron chi connectivity index (χ0n) is 19.7. The number of aromatic amines is 1. The summed E-state index contributed by atoms with van der Waals surface area (Å²) in [6.45, 7) is 4.55. The number of rotatable bonds is 3. The maximum absolute atomic E-state index is 14.2. The lowest BCUT2D eigenvalue weighted by Crippen LogP contribution is -2.57. The Morgan fingerprint density at radius 2 is 1.83 bits per heavy atom. The lowest BCUT2D eigenvalue weighted by Gasteiger charge is -2.43. The molecule has 2 saturated heterocycles. The van der Waals surface area contributed by atoms with Crippen LogP contribution in [0.5, 0.6) is 0 Å². The number of fused-ring (bicyclic) bond motifs is 2. The molecule has 0 aliphatic carbocycles. The first-order valence-electron chi connectivity index (χ1n) is 12.0. The lowest BCUT2D eigenvalue weighted by molar-refractivity contribution is -0.00896. The maximum Gasteiger partial charge on any atom is 0.258 e. The quantitative estimate of drug-likeness (QED) is 0.456. The minimum absolute atomic E-state index is 0.000126. The fraction of sp³-hybridized carbons (Fsp3) is 0.296. The Morgan fingerprint density at radius 3 is 2.64 bits per heavy atom. The van der Waals surface area contributed by atoms with Crippen molar-refractivity contribution in [3.63, 3.8) is 0 Å². The molecule has 0 saturated carbocycles. The van der Waals surface area contributed by atoms with E-state index in [1.54, 1.807) is 19.3 Å². The van der Waals surface area contributed by atoms with Crippen LogP contribution in [-0.4, -0.2) is 53.3 Å². The number of H-pyrrole nitrogens is 1. The average Bonchev–Trinajstić information content (AvgIpc) is 2.87. The van der Waals surface area contributed by atoms with Gasteiger partial charge in [-0.15, -0.1) is 0 Å². The van der Waals surface area contributed by atoms with Gasteiger partial charge in [0.15, 0.2) is 0 Å². The SMILES string of the molecule is Cc1ncc(-c2ccc3ncc(-c4cc(F)cc(F)c4)c(N4CCC5NCCO[C@@H]5C4)c3c2)c(=O)[nH]1. The van der Waals surface area contributed by atoms with E-state index in [0.717, 1.165) is 42.2 Å². The highest BCUT2D eigenvalue weighted by Crippen LogP contribution is 2.40. The van der Waals surface area contributed by atoms with E-state index >= 15 is 0 Å². The second kappa shape index (κ2) is 9.07. The summed E-state index contributed by atoms with van der Waals surface area (Å²) in [5.74, 6) is -0.771. The van der Waals surface area contributed by atoms with E-state index in [1.165, 1.54) is 12.1 Å². The van der Waals surface area contributed by atoms with Gasteiger partial charge in [-0.2, -0.15) is 0 Å². The average molecular weight is 490 g/mol. The molecular weight excluding hydrogens is 464 g/mol. The van der Waals surface area contributed by atoms with Crippen LogP contribution in [0.1, 0.15) is 12.2 Å². The molecule has 0 amide bonds. The summed E-state index contributed by atoms with van der Waals surface area (Å²) in [7, 11) is 0. The number of morpholine rings is 1. The molecule has 2 aromatic carbocycles. The number of halogens is 2. The van der Waals surface area contributed by atoms with Crippen molar-refractivity contribution in [1.82, 2.24) is 20.3 Å². The van der Waals surface area contributed by atoms with Crippen LogP contribution in [0.25, 0.3) is 33.2 Å². The van der Waals surface area contributed by atoms with Gasteiger partial charge in [-0.05, 0) is 48.7 Å². The predicted octanol–water partition coefficient (Wildman–Crippen LogP) is 3.81. The van der Waals surface area contributed by atoms with Crippen LogP contribution < -0.4 is 15.8 Å². The first kappa shape index (κ1) is 22.8. The van der Waals surface area contributed by atoms with Gasteiger partial charge in [0, 0.05) is 55.1 Å². The Kier molecular flexibility index (Phi) is 5.73. The third kappa shape index (κ3) is 4.14. The van der Waals surface area contributed by atoms with Crippen molar-refractivity contribution in [1.29, 1.82) is 0 Å². The molecule has 2 aliphatic heterocycles. The Balaban J connectivity index is 1.56. The molecule has 0 spiro atoms. The molecule has 2 aliphatic rings. The minimum atomic E-state index is -0.652. The van der Waals surface area contributed by atoms with E-state index in [1.807, 2.05) is 18.2 Å². The molecule has 2 atom stereocenters. The molecule has 4 aromatic rings. The Hall–Kier alpha value is -3.69. The summed E-state index contributed by atoms with van der Waals surface area (Å²) < 4.78 is 34.5. The van der Waals surface area contributed by atoms with Crippen LogP contribution in [0.2, 0.25) is 0 Å². The number of pyridine rings is 1. The fourth-order valence-corrected chi connectivity index (χ4v) is 5.27. The third-order valence-electron chi connectivity index (χ3n) is 6.97. The first-order chi connectivity index (χ1) is 17.5. The number of piperidine rings is 1. The Morgan fingerprint density at radius 1 is 1.03 bits per heavy atom. The number of aryl methyl sites for hydroxylation is 1. The number of nitrogens with zero attached hydrogens (tertiary/aromatic N) is 3. The molecule has 0 radical (unpaired) electrons. The topological polar surface area (TPSA) is 83.1 Å². The second-order valence-electron chi connectivity index (χ2n) is 9.33. The maximum atomic E-state index is 14.2. The highest BCUT2D eigenvalue weighted by atomic mass is 19.1. The van der Waals surface area contributed by atoms with Crippen molar-refractivity contribution in [3.05, 3.63) is 76.6 Å². The van der Waals surface area contributed by atoms with Crippen molar-refractivity contribution >= 4 is 16.6 Å². The zero-order chi connectivity index (χ0) is 24.8. The largest absolute Gasteiger partial charge is 0.373 e. The summed E-state index contributed by atoms with van der Waals surface area (Å²) in [6.07, 6.45) is 4.09. The zero-order valence-corrected chi connectivity index (χ0v) is 19.7. The van der Waals surface area contributed by atoms with Gasteiger partial charge in [0.25, 0.3) is 5.56 Å². The van der Waals surface area contributed by atoms with Gasteiger partial charge in [-0.1, -0.05) is 6.07 Å². The lowest BCUT2D eigenvalue weighted by atomic mass is 9.95. The van der Waals surface area contributed by atoms with E-state index in [4.69, 9.17) is 4.74 Å². The van der Waals surface area contributed by atoms with Crippen LogP contribution in [0, 0.1) is 18.6 Å². The van der Waals surface area contributed by atoms with Crippen molar-refractivity contribution in [2.45, 2.75) is 25.5 Å². The highest BCUT2D eigenvalue weighted by molar-refractivity contribution is 6.01. The van der Waals surface area contributed by atoms with Gasteiger partial charge in [0.2, 0.25) is 0 Å². The molecule has 4 heterocycles. The number of benzene rings is 2. The number of aromatic nitrogens is 3. The molecule has 2 aromatic heterocycles. The smallest absolute Gasteiger partial charge is 0.258 e. The second-order valence-corrected chi connectivity index (χ2v) is 9.33. The summed E-state index contributed by atoms with van der Waals surface area (Å²) in [6, 6.07) is 9.37. The minimum Gasteiger partial charge on any atom is -0.373 e. The Bertz CT molecular complexity index is 1500. The van der Waals surface area contributed by atoms with Gasteiger partial charge < -0.3 is 19.9 Å². The van der Waals surface area contributed by atoms with Crippen LogP contribution in [0.3, 0.4) is 0 Å². The molecule has 0 bridgehead atoms. The molecule has 2 fully saturated rings. The highest BCUT2D eigenvalue weighted by Gasteiger charge is 2.33. The molecule has 1 unspecified atom stereocenters. The van der Waals surface area contributed by atoms with Gasteiger partial charge in [0.05, 0.1) is 29.5 Å². The number of ether oxygens (including phenoxy) is 1. The van der Waals surface area contributed by atoms with Crippen LogP contribution in [0.4, 0.5) is 14.5 Å². The third-order valence-corrected chi connectivity index (χ3v) is 6.97. The summed E-state index contributed by atoms with van der Waals surface area (Å²) >= 11 is 0. The van der Waals surface area contributed by atoms with E-state index < -0.39 is 11.6 Å². The Labute approximate surface area is 206 Å². The normalized spacial score (nSPS) is 19.9. The van der Waals surface area contributed by atoms with Crippen molar-refractivity contribution in [2.75, 3.05) is 31.1 Å². The van der Waals surface area contributed by atoms with E-state index in [0.29, 0.717) is 41.2 Å². The van der Waals surface area contributed by atoms with Crippen LogP contribution in [-0.2, 0) is 4.74 Å². The van der Waals surface area contributed by atoms with Gasteiger partial charge in [-0.3, -0.25) is 9.78 Å². The van der Waals surface area contributed by atoms with E-state index in [2.05, 4.69) is 25.2 Å². The molecule has 7 nitrogen and oxygen atoms in total. The van der Waals surface area contributed by atoms with E-state index in [9.17, 15) is 13.6 Å². The fourth-order valence-electron chi connectivity index (χ4n) is 5.27. The van der Waals surface area contributed by atoms with Gasteiger partial charge in [0.1, 0.15) is 17.5 Å². The molecule has 2 N–H and O–H groups in total. The number of nitrogens with one attached hydrogen (secondary N) is 2. The molecular formula is C27H25F2N5O2. The molecule has 6 rings (SSSR count). The monoisotopic (exact) mass is 489 g/mol. The molecule has 9 heteroatoms. The molecule has 184 valence electrons. The van der Waals surface area contributed by atoms with Crippen molar-refractivity contribution < 1.29 is 13.5 Å². The summed E-state index contributed by atoms with van der Waals surface area (Å²) in [4.78, 5) is 26.5. The number of anilines is 1. The van der Waals surface area contributed by atoms with E-state index in [-0.39, 0.29) is 17.7 Å². The summed E-state index contributed by atoms with van der Waals surface area (Å²) in [5, 5.41) is 4.31. The first-order valence-corrected chi connectivity index (χ1v) is 12.0. The van der Waals surface area contributed by atoms with Crippen LogP contribution >= 0.6 is 0 Å². The van der Waals surface area contributed by atoms with Crippen molar-refractivity contribution in [3.8, 4) is 22.3 Å². The van der Waals surface area contributed by atoms with Gasteiger partial charge >= 0.3 is 0 Å². The van der Waals surface area contributed by atoms with Crippen LogP contribution in [0.15, 0.2) is 53.6 Å². The predicted molar refractivity (Wildman–Crippen MR) is 134 cm³/mol. The summed E-state index contributed by atoms with van der Waals surface area (Å²) in [5.41, 5.74) is 3.45. The molecule has 36 heavy (non-hydrogen) atoms. The standard InChI is InChI=1S/C27H25F2N5O2/c1-15-31-13-22(27(35)33-15)16-2-3-23-20(10-16)26(34-6-4-24-25(14-34)36-7-5-30-24)21(12-32-23)17-8-18(28)11-19(29)9-17/h2-3,8-13,24-25,30H,4-7,14H2,1H3,(H,31,33,35)/t24?,25-/m1/s1. The number of hydrogen-bond donors (Lipinski definition) is 2. The van der Waals surface area contributed by atoms with Crippen molar-refractivity contribution in [2.24, 2.45) is 0 Å².